The number of carbonyl (C=O) groups is 1. The number of benzene rings is 1. The number of hydrogen-bond acceptors (Lipinski definition) is 3. The summed E-state index contributed by atoms with van der Waals surface area (Å²) >= 11 is 1.62. The number of hydrogen-bond donors (Lipinski definition) is 1. The molecule has 2 rings (SSSR count). The molecule has 0 aliphatic heterocycles. The van der Waals surface area contributed by atoms with Gasteiger partial charge >= 0.3 is 0 Å². The Kier molecular flexibility index (Phi) is 2.04. The SMILES string of the molecule is CSc1ccc(O)c2c1CCC2=O. The van der Waals surface area contributed by atoms with Crippen LogP contribution in [-0.2, 0) is 6.42 Å². The first kappa shape index (κ1) is 8.63. The monoisotopic (exact) mass is 194 g/mol. The minimum Gasteiger partial charge on any atom is -0.507 e. The van der Waals surface area contributed by atoms with Crippen molar-refractivity contribution < 1.29 is 9.90 Å². The van der Waals surface area contributed by atoms with Crippen LogP contribution in [-0.4, -0.2) is 17.1 Å². The maximum Gasteiger partial charge on any atom is 0.167 e. The molecule has 0 atom stereocenters. The molecule has 0 radical (unpaired) electrons. The second-order valence-electron chi connectivity index (χ2n) is 3.06. The van der Waals surface area contributed by atoms with Crippen molar-refractivity contribution in [2.45, 2.75) is 17.7 Å². The number of rotatable bonds is 1. The van der Waals surface area contributed by atoms with Gasteiger partial charge in [0.2, 0.25) is 0 Å². The molecule has 0 spiro atoms. The summed E-state index contributed by atoms with van der Waals surface area (Å²) in [4.78, 5) is 12.5. The first-order valence-electron chi connectivity index (χ1n) is 4.16. The third-order valence-corrected chi connectivity index (χ3v) is 3.17. The fourth-order valence-electron chi connectivity index (χ4n) is 1.73. The van der Waals surface area contributed by atoms with E-state index in [9.17, 15) is 9.90 Å². The molecular weight excluding hydrogens is 184 g/mol. The van der Waals surface area contributed by atoms with Crippen molar-refractivity contribution in [2.75, 3.05) is 6.26 Å². The Hall–Kier alpha value is -0.960. The topological polar surface area (TPSA) is 37.3 Å². The molecule has 1 aromatic carbocycles. The molecule has 1 aliphatic rings. The fourth-order valence-corrected chi connectivity index (χ4v) is 2.39. The van der Waals surface area contributed by atoms with E-state index in [1.807, 2.05) is 12.3 Å². The number of carbonyl (C=O) groups excluding carboxylic acids is 1. The van der Waals surface area contributed by atoms with E-state index < -0.39 is 0 Å². The van der Waals surface area contributed by atoms with Crippen LogP contribution in [0.5, 0.6) is 5.75 Å². The normalized spacial score (nSPS) is 14.7. The Morgan fingerprint density at radius 2 is 2.15 bits per heavy atom. The molecule has 13 heavy (non-hydrogen) atoms. The molecule has 68 valence electrons. The second kappa shape index (κ2) is 3.07. The maximum atomic E-state index is 11.4. The van der Waals surface area contributed by atoms with Crippen LogP contribution in [0.1, 0.15) is 22.3 Å². The standard InChI is InChI=1S/C10H10O2S/c1-13-9-5-4-8(12)10-6(9)2-3-7(10)11/h4-5,12H,2-3H2,1H3. The van der Waals surface area contributed by atoms with Crippen molar-refractivity contribution in [3.63, 3.8) is 0 Å². The molecule has 0 unspecified atom stereocenters. The molecule has 0 aromatic heterocycles. The van der Waals surface area contributed by atoms with Crippen molar-refractivity contribution in [3.05, 3.63) is 23.3 Å². The minimum absolute atomic E-state index is 0.0726. The lowest BCUT2D eigenvalue weighted by Crippen LogP contribution is -1.92. The van der Waals surface area contributed by atoms with Gasteiger partial charge in [0, 0.05) is 11.3 Å². The Morgan fingerprint density at radius 3 is 2.85 bits per heavy atom. The summed E-state index contributed by atoms with van der Waals surface area (Å²) in [5, 5.41) is 9.49. The Labute approximate surface area is 81.0 Å². The summed E-state index contributed by atoms with van der Waals surface area (Å²) in [7, 11) is 0. The summed E-state index contributed by atoms with van der Waals surface area (Å²) < 4.78 is 0. The van der Waals surface area contributed by atoms with Gasteiger partial charge in [-0.1, -0.05) is 0 Å². The van der Waals surface area contributed by atoms with E-state index in [0.717, 1.165) is 16.9 Å². The Morgan fingerprint density at radius 1 is 1.38 bits per heavy atom. The summed E-state index contributed by atoms with van der Waals surface area (Å²) in [6, 6.07) is 3.48. The van der Waals surface area contributed by atoms with Gasteiger partial charge in [-0.05, 0) is 30.4 Å². The van der Waals surface area contributed by atoms with Crippen molar-refractivity contribution >= 4 is 17.5 Å². The zero-order valence-corrected chi connectivity index (χ0v) is 8.15. The smallest absolute Gasteiger partial charge is 0.167 e. The molecule has 2 nitrogen and oxygen atoms in total. The van der Waals surface area contributed by atoms with Gasteiger partial charge in [0.05, 0.1) is 5.56 Å². The third kappa shape index (κ3) is 1.23. The Balaban J connectivity index is 2.65. The molecule has 0 fully saturated rings. The average Bonchev–Trinajstić information content (AvgIpc) is 2.50. The predicted octanol–water partition coefficient (Wildman–Crippen LogP) is 2.24. The highest BCUT2D eigenvalue weighted by Crippen LogP contribution is 2.35. The molecule has 0 saturated heterocycles. The molecule has 1 aromatic rings. The van der Waals surface area contributed by atoms with Crippen molar-refractivity contribution in [1.82, 2.24) is 0 Å². The van der Waals surface area contributed by atoms with Gasteiger partial charge < -0.3 is 5.11 Å². The van der Waals surface area contributed by atoms with Crippen molar-refractivity contribution in [2.24, 2.45) is 0 Å². The van der Waals surface area contributed by atoms with Crippen LogP contribution in [0.4, 0.5) is 0 Å². The van der Waals surface area contributed by atoms with Gasteiger partial charge in [0.15, 0.2) is 5.78 Å². The molecule has 0 heterocycles. The van der Waals surface area contributed by atoms with E-state index in [2.05, 4.69) is 0 Å². The first-order chi connectivity index (χ1) is 6.24. The summed E-state index contributed by atoms with van der Waals surface area (Å²) in [6.45, 7) is 0. The van der Waals surface area contributed by atoms with Crippen LogP contribution in [0, 0.1) is 0 Å². The van der Waals surface area contributed by atoms with E-state index in [4.69, 9.17) is 0 Å². The van der Waals surface area contributed by atoms with E-state index in [1.165, 1.54) is 0 Å². The second-order valence-corrected chi connectivity index (χ2v) is 3.91. The van der Waals surface area contributed by atoms with Crippen LogP contribution in [0.3, 0.4) is 0 Å². The molecule has 3 heteroatoms. The maximum absolute atomic E-state index is 11.4. The minimum atomic E-state index is 0.0726. The zero-order chi connectivity index (χ0) is 9.42. The molecule has 0 amide bonds. The summed E-state index contributed by atoms with van der Waals surface area (Å²) in [5.41, 5.74) is 1.57. The molecule has 1 N–H and O–H groups in total. The van der Waals surface area contributed by atoms with Gasteiger partial charge in [-0.15, -0.1) is 11.8 Å². The number of fused-ring (bicyclic) bond motifs is 1. The van der Waals surface area contributed by atoms with Crippen LogP contribution in [0.2, 0.25) is 0 Å². The van der Waals surface area contributed by atoms with Gasteiger partial charge in [-0.25, -0.2) is 0 Å². The highest BCUT2D eigenvalue weighted by atomic mass is 32.2. The van der Waals surface area contributed by atoms with E-state index in [1.54, 1.807) is 17.8 Å². The predicted molar refractivity (Wildman–Crippen MR) is 52.5 cm³/mol. The van der Waals surface area contributed by atoms with Gasteiger partial charge in [-0.3, -0.25) is 4.79 Å². The fraction of sp³-hybridized carbons (Fsp3) is 0.300. The van der Waals surface area contributed by atoms with Crippen molar-refractivity contribution in [3.8, 4) is 5.75 Å². The number of phenols is 1. The first-order valence-corrected chi connectivity index (χ1v) is 5.38. The van der Waals surface area contributed by atoms with Gasteiger partial charge in [0.1, 0.15) is 5.75 Å². The Bertz CT molecular complexity index is 371. The number of ketones is 1. The zero-order valence-electron chi connectivity index (χ0n) is 7.33. The highest BCUT2D eigenvalue weighted by molar-refractivity contribution is 7.98. The van der Waals surface area contributed by atoms with Crippen molar-refractivity contribution in [1.29, 1.82) is 0 Å². The quantitative estimate of drug-likeness (QED) is 0.697. The van der Waals surface area contributed by atoms with E-state index in [-0.39, 0.29) is 11.5 Å². The summed E-state index contributed by atoms with van der Waals surface area (Å²) in [6.07, 6.45) is 3.30. The molecular formula is C10H10O2S. The lowest BCUT2D eigenvalue weighted by molar-refractivity contribution is 0.0992. The third-order valence-electron chi connectivity index (χ3n) is 2.35. The molecule has 1 aliphatic carbocycles. The molecule has 0 saturated carbocycles. The van der Waals surface area contributed by atoms with E-state index in [0.29, 0.717) is 12.0 Å². The van der Waals surface area contributed by atoms with Crippen LogP contribution < -0.4 is 0 Å². The number of Topliss-reactive ketones (excluding diaryl/α,β-unsaturated/α-hetero) is 1. The summed E-state index contributed by atoms with van der Waals surface area (Å²) in [5.74, 6) is 0.207. The largest absolute Gasteiger partial charge is 0.507 e. The average molecular weight is 194 g/mol. The number of thioether (sulfide) groups is 1. The van der Waals surface area contributed by atoms with Crippen LogP contribution >= 0.6 is 11.8 Å². The highest BCUT2D eigenvalue weighted by Gasteiger charge is 2.25. The van der Waals surface area contributed by atoms with Crippen LogP contribution in [0.15, 0.2) is 17.0 Å². The van der Waals surface area contributed by atoms with E-state index >= 15 is 0 Å². The lowest BCUT2D eigenvalue weighted by atomic mass is 10.1. The molecule has 0 bridgehead atoms. The number of aromatic hydroxyl groups is 1. The van der Waals surface area contributed by atoms with Gasteiger partial charge in [-0.2, -0.15) is 0 Å². The van der Waals surface area contributed by atoms with Gasteiger partial charge in [0.25, 0.3) is 0 Å². The lowest BCUT2D eigenvalue weighted by Gasteiger charge is -2.05. The number of phenolic OH excluding ortho intramolecular Hbond substituents is 1. The van der Waals surface area contributed by atoms with Crippen LogP contribution in [0.25, 0.3) is 0 Å².